The second-order valence-corrected chi connectivity index (χ2v) is 10.0. The maximum absolute atomic E-state index is 8.96. The van der Waals surface area contributed by atoms with Crippen LogP contribution in [0.1, 0.15) is 43.2 Å². The zero-order valence-corrected chi connectivity index (χ0v) is 18.4. The van der Waals surface area contributed by atoms with E-state index in [4.69, 9.17) is 15.4 Å². The number of thiophene rings is 1. The van der Waals surface area contributed by atoms with Crippen molar-refractivity contribution in [1.29, 1.82) is 5.26 Å². The van der Waals surface area contributed by atoms with Gasteiger partial charge in [0.2, 0.25) is 4.80 Å². The largest absolute Gasteiger partial charge is 0.254 e. The van der Waals surface area contributed by atoms with Crippen molar-refractivity contribution < 1.29 is 0 Å². The van der Waals surface area contributed by atoms with Crippen LogP contribution in [0.15, 0.2) is 55.7 Å². The van der Waals surface area contributed by atoms with Crippen LogP contribution in [0.4, 0.5) is 0 Å². The average molecular weight is 471 g/mol. The summed E-state index contributed by atoms with van der Waals surface area (Å²) in [6.07, 6.45) is 8.01. The Bertz CT molecular complexity index is 1080. The highest BCUT2D eigenvalue weighted by molar-refractivity contribution is 9.11. The molecule has 4 nitrogen and oxygen atoms in total. The summed E-state index contributed by atoms with van der Waals surface area (Å²) in [5, 5.41) is 15.9. The van der Waals surface area contributed by atoms with E-state index in [1.54, 1.807) is 22.7 Å². The number of nitrogens with zero attached hydrogens (tertiary/aromatic N) is 4. The first-order chi connectivity index (χ1) is 13.7. The van der Waals surface area contributed by atoms with E-state index in [0.29, 0.717) is 11.6 Å². The SMILES string of the molecule is N#Cc1ccc(C=Nn2c(-c3ccc(Br)s3)csc2=NC2CCCCC2)cc1. The van der Waals surface area contributed by atoms with Crippen LogP contribution in [-0.4, -0.2) is 16.9 Å². The third-order valence-corrected chi connectivity index (χ3v) is 7.22. The normalized spacial score (nSPS) is 15.9. The van der Waals surface area contributed by atoms with Crippen LogP contribution >= 0.6 is 38.6 Å². The van der Waals surface area contributed by atoms with Gasteiger partial charge in [-0.2, -0.15) is 10.4 Å². The van der Waals surface area contributed by atoms with Crippen molar-refractivity contribution in [2.45, 2.75) is 38.1 Å². The first-order valence-electron chi connectivity index (χ1n) is 9.27. The molecule has 3 aromatic rings. The zero-order valence-electron chi connectivity index (χ0n) is 15.2. The Hall–Kier alpha value is -2.01. The summed E-state index contributed by atoms with van der Waals surface area (Å²) >= 11 is 6.89. The number of hydrogen-bond acceptors (Lipinski definition) is 5. The van der Waals surface area contributed by atoms with Crippen LogP contribution in [-0.2, 0) is 0 Å². The van der Waals surface area contributed by atoms with Crippen molar-refractivity contribution in [2.75, 3.05) is 0 Å². The highest BCUT2D eigenvalue weighted by Crippen LogP contribution is 2.31. The third-order valence-electron chi connectivity index (χ3n) is 4.74. The molecular formula is C21H19BrN4S2. The molecule has 142 valence electrons. The molecule has 1 aliphatic rings. The standard InChI is InChI=1S/C21H19BrN4S2/c22-20-11-10-19(28-20)18-14-27-21(25-17-4-2-1-3-5-17)26(18)24-13-16-8-6-15(12-23)7-9-16/h6-11,13-14,17H,1-5H2. The molecule has 2 aromatic heterocycles. The Morgan fingerprint density at radius 3 is 2.57 bits per heavy atom. The van der Waals surface area contributed by atoms with Crippen molar-refractivity contribution in [3.63, 3.8) is 0 Å². The highest BCUT2D eigenvalue weighted by atomic mass is 79.9. The molecule has 0 N–H and O–H groups in total. The molecular weight excluding hydrogens is 452 g/mol. The average Bonchev–Trinajstić information content (AvgIpc) is 3.33. The molecule has 0 amide bonds. The van der Waals surface area contributed by atoms with Crippen LogP contribution in [0.2, 0.25) is 0 Å². The van der Waals surface area contributed by atoms with Crippen molar-refractivity contribution in [3.05, 3.63) is 61.5 Å². The third kappa shape index (κ3) is 4.52. The van der Waals surface area contributed by atoms with E-state index in [0.717, 1.165) is 37.6 Å². The van der Waals surface area contributed by atoms with Crippen molar-refractivity contribution >= 4 is 44.8 Å². The molecule has 4 rings (SSSR count). The smallest absolute Gasteiger partial charge is 0.206 e. The molecule has 0 unspecified atom stereocenters. The predicted octanol–water partition coefficient (Wildman–Crippen LogP) is 6.03. The summed E-state index contributed by atoms with van der Waals surface area (Å²) in [5.74, 6) is 0. The molecule has 0 bridgehead atoms. The monoisotopic (exact) mass is 470 g/mol. The number of halogens is 1. The fourth-order valence-corrected chi connectivity index (χ4v) is 5.62. The van der Waals surface area contributed by atoms with E-state index in [1.165, 1.54) is 19.3 Å². The number of nitriles is 1. The lowest BCUT2D eigenvalue weighted by Crippen LogP contribution is -2.18. The summed E-state index contributed by atoms with van der Waals surface area (Å²) in [4.78, 5) is 7.13. The van der Waals surface area contributed by atoms with Gasteiger partial charge in [-0.05, 0) is 58.6 Å². The van der Waals surface area contributed by atoms with E-state index in [9.17, 15) is 0 Å². The first kappa shape index (κ1) is 19.3. The second-order valence-electron chi connectivity index (χ2n) is 6.72. The van der Waals surface area contributed by atoms with Gasteiger partial charge in [-0.3, -0.25) is 4.99 Å². The van der Waals surface area contributed by atoms with Crippen LogP contribution in [0.5, 0.6) is 0 Å². The van der Waals surface area contributed by atoms with Gasteiger partial charge in [0.05, 0.1) is 38.2 Å². The Balaban J connectivity index is 1.73. The van der Waals surface area contributed by atoms with Gasteiger partial charge < -0.3 is 0 Å². The maximum Gasteiger partial charge on any atom is 0.206 e. The Kier molecular flexibility index (Phi) is 6.20. The van der Waals surface area contributed by atoms with Crippen LogP contribution < -0.4 is 4.80 Å². The van der Waals surface area contributed by atoms with Gasteiger partial charge in [0.15, 0.2) is 0 Å². The first-order valence-corrected chi connectivity index (χ1v) is 11.8. The van der Waals surface area contributed by atoms with Crippen molar-refractivity contribution in [2.24, 2.45) is 10.1 Å². The minimum Gasteiger partial charge on any atom is -0.254 e. The fraction of sp³-hybridized carbons (Fsp3) is 0.286. The van der Waals surface area contributed by atoms with Crippen LogP contribution in [0, 0.1) is 11.3 Å². The van der Waals surface area contributed by atoms with E-state index >= 15 is 0 Å². The van der Waals surface area contributed by atoms with Gasteiger partial charge >= 0.3 is 0 Å². The zero-order chi connectivity index (χ0) is 19.3. The lowest BCUT2D eigenvalue weighted by Gasteiger charge is -2.16. The Morgan fingerprint density at radius 2 is 1.89 bits per heavy atom. The van der Waals surface area contributed by atoms with Crippen molar-refractivity contribution in [1.82, 2.24) is 4.68 Å². The lowest BCUT2D eigenvalue weighted by atomic mass is 9.96. The minimum atomic E-state index is 0.395. The van der Waals surface area contributed by atoms with E-state index in [1.807, 2.05) is 35.2 Å². The number of hydrogen-bond donors (Lipinski definition) is 0. The number of rotatable bonds is 4. The molecule has 0 aliphatic heterocycles. The second kappa shape index (κ2) is 8.99. The molecule has 1 aromatic carbocycles. The molecule has 0 spiro atoms. The van der Waals surface area contributed by atoms with E-state index < -0.39 is 0 Å². The molecule has 0 saturated heterocycles. The van der Waals surface area contributed by atoms with Crippen LogP contribution in [0.25, 0.3) is 10.6 Å². The van der Waals surface area contributed by atoms with Crippen molar-refractivity contribution in [3.8, 4) is 16.6 Å². The van der Waals surface area contributed by atoms with Gasteiger partial charge in [0, 0.05) is 5.38 Å². The predicted molar refractivity (Wildman–Crippen MR) is 120 cm³/mol. The van der Waals surface area contributed by atoms with Gasteiger partial charge in [-0.25, -0.2) is 4.68 Å². The van der Waals surface area contributed by atoms with Gasteiger partial charge in [0.1, 0.15) is 0 Å². The molecule has 0 radical (unpaired) electrons. The summed E-state index contributed by atoms with van der Waals surface area (Å²) in [6, 6.07) is 14.1. The topological polar surface area (TPSA) is 53.4 Å². The van der Waals surface area contributed by atoms with E-state index in [-0.39, 0.29) is 0 Å². The van der Waals surface area contributed by atoms with E-state index in [2.05, 4.69) is 39.5 Å². The summed E-state index contributed by atoms with van der Waals surface area (Å²) < 4.78 is 3.05. The molecule has 7 heteroatoms. The Labute approximate surface area is 180 Å². The number of aromatic nitrogens is 1. The highest BCUT2D eigenvalue weighted by Gasteiger charge is 2.14. The van der Waals surface area contributed by atoms with Gasteiger partial charge in [0.25, 0.3) is 0 Å². The molecule has 2 heterocycles. The summed E-state index contributed by atoms with van der Waals surface area (Å²) in [7, 11) is 0. The molecule has 0 atom stereocenters. The minimum absolute atomic E-state index is 0.395. The molecule has 1 aliphatic carbocycles. The Morgan fingerprint density at radius 1 is 1.11 bits per heavy atom. The molecule has 1 saturated carbocycles. The molecule has 1 fully saturated rings. The lowest BCUT2D eigenvalue weighted by molar-refractivity contribution is 0.435. The fourth-order valence-electron chi connectivity index (χ4n) is 3.26. The molecule has 28 heavy (non-hydrogen) atoms. The maximum atomic E-state index is 8.96. The van der Waals surface area contributed by atoms with Gasteiger partial charge in [-0.1, -0.05) is 31.4 Å². The summed E-state index contributed by atoms with van der Waals surface area (Å²) in [6.45, 7) is 0. The quantitative estimate of drug-likeness (QED) is 0.429. The van der Waals surface area contributed by atoms with Crippen LogP contribution in [0.3, 0.4) is 0 Å². The summed E-state index contributed by atoms with van der Waals surface area (Å²) in [5.41, 5.74) is 2.66. The van der Waals surface area contributed by atoms with Gasteiger partial charge in [-0.15, -0.1) is 22.7 Å². The number of thiazole rings is 1. The number of benzene rings is 1.